The van der Waals surface area contributed by atoms with Crippen molar-refractivity contribution in [2.75, 3.05) is 18.0 Å². The van der Waals surface area contributed by atoms with Crippen molar-refractivity contribution in [3.05, 3.63) is 46.5 Å². The normalized spacial score (nSPS) is 14.8. The molecule has 0 amide bonds. The third-order valence-corrected chi connectivity index (χ3v) is 4.12. The van der Waals surface area contributed by atoms with Crippen LogP contribution in [0.25, 0.3) is 0 Å². The lowest BCUT2D eigenvalue weighted by atomic mass is 10.1. The molecule has 0 saturated carbocycles. The van der Waals surface area contributed by atoms with E-state index >= 15 is 0 Å². The van der Waals surface area contributed by atoms with Gasteiger partial charge in [0.05, 0.1) is 11.0 Å². The Kier molecular flexibility index (Phi) is 4.78. The van der Waals surface area contributed by atoms with E-state index in [2.05, 4.69) is 15.1 Å². The lowest BCUT2D eigenvalue weighted by molar-refractivity contribution is -0.384. The molecule has 2 aromatic rings. The summed E-state index contributed by atoms with van der Waals surface area (Å²) in [6.07, 6.45) is 3.51. The molecule has 2 aromatic carbocycles. The number of azo groups is 1. The van der Waals surface area contributed by atoms with Crippen molar-refractivity contribution in [3.63, 3.8) is 0 Å². The van der Waals surface area contributed by atoms with Crippen LogP contribution < -0.4 is 4.90 Å². The highest BCUT2D eigenvalue weighted by molar-refractivity contribution is 5.62. The second kappa shape index (κ2) is 7.16. The number of non-ortho nitro benzene ring substituents is 1. The summed E-state index contributed by atoms with van der Waals surface area (Å²) in [5.41, 5.74) is 1.06. The molecule has 25 heavy (non-hydrogen) atoms. The SMILES string of the molecule is O=[N+]([O-])c1ccc(N=Nc2ccc(N3CCCCC3)cc2O)c(O)c1. The van der Waals surface area contributed by atoms with E-state index in [0.29, 0.717) is 0 Å². The summed E-state index contributed by atoms with van der Waals surface area (Å²) in [4.78, 5) is 12.3. The third kappa shape index (κ3) is 3.85. The van der Waals surface area contributed by atoms with Gasteiger partial charge in [0, 0.05) is 30.9 Å². The zero-order chi connectivity index (χ0) is 17.8. The van der Waals surface area contributed by atoms with Crippen molar-refractivity contribution < 1.29 is 15.1 Å². The number of benzene rings is 2. The number of anilines is 1. The van der Waals surface area contributed by atoms with Gasteiger partial charge in [-0.1, -0.05) is 0 Å². The summed E-state index contributed by atoms with van der Waals surface area (Å²) in [6.45, 7) is 1.94. The van der Waals surface area contributed by atoms with Gasteiger partial charge in [0.2, 0.25) is 0 Å². The number of phenolic OH excluding ortho intramolecular Hbond substituents is 2. The quantitative estimate of drug-likeness (QED) is 0.485. The Bertz CT molecular complexity index is 816. The molecule has 0 aliphatic carbocycles. The van der Waals surface area contributed by atoms with Crippen molar-refractivity contribution in [1.29, 1.82) is 0 Å². The van der Waals surface area contributed by atoms with Gasteiger partial charge in [-0.15, -0.1) is 10.2 Å². The van der Waals surface area contributed by atoms with E-state index in [9.17, 15) is 20.3 Å². The van der Waals surface area contributed by atoms with Crippen LogP contribution in [0.5, 0.6) is 11.5 Å². The van der Waals surface area contributed by atoms with E-state index in [1.165, 1.54) is 18.6 Å². The zero-order valence-corrected chi connectivity index (χ0v) is 13.5. The van der Waals surface area contributed by atoms with Gasteiger partial charge in [-0.3, -0.25) is 10.1 Å². The summed E-state index contributed by atoms with van der Waals surface area (Å²) in [5, 5.41) is 38.4. The minimum atomic E-state index is -0.605. The second-order valence-corrected chi connectivity index (χ2v) is 5.85. The van der Waals surface area contributed by atoms with E-state index in [1.807, 2.05) is 6.07 Å². The Labute approximate surface area is 144 Å². The van der Waals surface area contributed by atoms with Crippen LogP contribution in [-0.4, -0.2) is 28.2 Å². The summed E-state index contributed by atoms with van der Waals surface area (Å²) >= 11 is 0. The third-order valence-electron chi connectivity index (χ3n) is 4.12. The van der Waals surface area contributed by atoms with Crippen molar-refractivity contribution in [3.8, 4) is 11.5 Å². The standard InChI is InChI=1S/C17H18N4O4/c22-16-10-12(20-8-2-1-3-9-20)4-6-14(16)18-19-15-7-5-13(21(24)25)11-17(15)23/h4-7,10-11,22-23H,1-3,8-9H2. The van der Waals surface area contributed by atoms with Gasteiger partial charge in [-0.05, 0) is 37.5 Å². The number of hydrogen-bond acceptors (Lipinski definition) is 7. The highest BCUT2D eigenvalue weighted by Crippen LogP contribution is 2.35. The van der Waals surface area contributed by atoms with E-state index in [1.54, 1.807) is 12.1 Å². The molecule has 2 N–H and O–H groups in total. The summed E-state index contributed by atoms with van der Waals surface area (Å²) in [7, 11) is 0. The van der Waals surface area contributed by atoms with Crippen molar-refractivity contribution >= 4 is 22.7 Å². The number of piperidine rings is 1. The van der Waals surface area contributed by atoms with Gasteiger partial charge >= 0.3 is 0 Å². The molecule has 130 valence electrons. The van der Waals surface area contributed by atoms with Crippen LogP contribution in [0.3, 0.4) is 0 Å². The molecule has 3 rings (SSSR count). The van der Waals surface area contributed by atoms with Gasteiger partial charge in [-0.2, -0.15) is 0 Å². The summed E-state index contributed by atoms with van der Waals surface area (Å²) < 4.78 is 0. The van der Waals surface area contributed by atoms with Gasteiger partial charge in [-0.25, -0.2) is 0 Å². The fourth-order valence-corrected chi connectivity index (χ4v) is 2.76. The highest BCUT2D eigenvalue weighted by atomic mass is 16.6. The van der Waals surface area contributed by atoms with Crippen molar-refractivity contribution in [2.24, 2.45) is 10.2 Å². The summed E-state index contributed by atoms with van der Waals surface area (Å²) in [5.74, 6) is -0.351. The first kappa shape index (κ1) is 16.7. The Balaban J connectivity index is 1.78. The minimum absolute atomic E-state index is 0.00627. The molecule has 0 spiro atoms. The Morgan fingerprint density at radius 1 is 0.920 bits per heavy atom. The largest absolute Gasteiger partial charge is 0.506 e. The maximum Gasteiger partial charge on any atom is 0.273 e. The first-order valence-corrected chi connectivity index (χ1v) is 8.02. The molecule has 0 atom stereocenters. The predicted molar refractivity (Wildman–Crippen MR) is 93.1 cm³/mol. The van der Waals surface area contributed by atoms with Crippen LogP contribution in [0.1, 0.15) is 19.3 Å². The minimum Gasteiger partial charge on any atom is -0.506 e. The fraction of sp³-hybridized carbons (Fsp3) is 0.294. The second-order valence-electron chi connectivity index (χ2n) is 5.85. The average Bonchev–Trinajstić information content (AvgIpc) is 2.62. The van der Waals surface area contributed by atoms with Crippen LogP contribution in [0.4, 0.5) is 22.7 Å². The lowest BCUT2D eigenvalue weighted by Crippen LogP contribution is -2.29. The molecular formula is C17H18N4O4. The maximum atomic E-state index is 10.7. The van der Waals surface area contributed by atoms with Gasteiger partial charge in [0.15, 0.2) is 0 Å². The number of nitro benzene ring substituents is 1. The molecule has 0 unspecified atom stereocenters. The van der Waals surface area contributed by atoms with Crippen LogP contribution in [0, 0.1) is 10.1 Å². The van der Waals surface area contributed by atoms with E-state index in [-0.39, 0.29) is 28.6 Å². The molecule has 0 bridgehead atoms. The lowest BCUT2D eigenvalue weighted by Gasteiger charge is -2.28. The molecule has 1 saturated heterocycles. The molecule has 1 aliphatic rings. The van der Waals surface area contributed by atoms with E-state index in [4.69, 9.17) is 0 Å². The predicted octanol–water partition coefficient (Wildman–Crippen LogP) is 4.41. The first-order valence-electron chi connectivity index (χ1n) is 8.02. The number of nitrogens with zero attached hydrogens (tertiary/aromatic N) is 4. The maximum absolute atomic E-state index is 10.7. The average molecular weight is 342 g/mol. The molecular weight excluding hydrogens is 324 g/mol. The van der Waals surface area contributed by atoms with Crippen LogP contribution in [0.2, 0.25) is 0 Å². The number of aromatic hydroxyl groups is 2. The fourth-order valence-electron chi connectivity index (χ4n) is 2.76. The first-order chi connectivity index (χ1) is 12.0. The zero-order valence-electron chi connectivity index (χ0n) is 13.5. The van der Waals surface area contributed by atoms with E-state index in [0.717, 1.165) is 37.7 Å². The molecule has 0 aromatic heterocycles. The van der Waals surface area contributed by atoms with Gasteiger partial charge in [0.25, 0.3) is 5.69 Å². The van der Waals surface area contributed by atoms with Crippen LogP contribution in [0.15, 0.2) is 46.6 Å². The Morgan fingerprint density at radius 2 is 1.52 bits per heavy atom. The summed E-state index contributed by atoms with van der Waals surface area (Å²) in [6, 6.07) is 8.72. The number of rotatable bonds is 4. The monoisotopic (exact) mass is 342 g/mol. The molecule has 8 nitrogen and oxygen atoms in total. The van der Waals surface area contributed by atoms with Crippen LogP contribution >= 0.6 is 0 Å². The van der Waals surface area contributed by atoms with Crippen molar-refractivity contribution in [2.45, 2.75) is 19.3 Å². The number of nitro groups is 1. The molecule has 0 radical (unpaired) electrons. The number of hydrogen-bond donors (Lipinski definition) is 2. The Hall–Kier alpha value is -3.16. The molecule has 1 heterocycles. The topological polar surface area (TPSA) is 112 Å². The smallest absolute Gasteiger partial charge is 0.273 e. The molecule has 8 heteroatoms. The highest BCUT2D eigenvalue weighted by Gasteiger charge is 2.13. The van der Waals surface area contributed by atoms with Gasteiger partial charge in [0.1, 0.15) is 22.9 Å². The van der Waals surface area contributed by atoms with Gasteiger partial charge < -0.3 is 15.1 Å². The number of phenols is 2. The van der Waals surface area contributed by atoms with Crippen molar-refractivity contribution in [1.82, 2.24) is 0 Å². The molecule has 1 aliphatic heterocycles. The Morgan fingerprint density at radius 3 is 2.08 bits per heavy atom. The van der Waals surface area contributed by atoms with E-state index < -0.39 is 4.92 Å². The molecule has 1 fully saturated rings. The van der Waals surface area contributed by atoms with Crippen LogP contribution in [-0.2, 0) is 0 Å².